The number of rotatable bonds is 5. The standard InChI is InChI=1S/C21H30BrFN2O7S2/c1-19(2,3)32-18(26)24-17-20(4,5)34(29,30)16(10-11-31-33(7,27)28)21(6,25-17)14-12-13(22)8-9-15(14)23/h8-9,12,16H,10-11H2,1-7H3,(H,24,25,26)/t16-,21-/m1/s1. The van der Waals surface area contributed by atoms with Crippen LogP contribution in [-0.2, 0) is 34.4 Å². The molecule has 34 heavy (non-hydrogen) atoms. The summed E-state index contributed by atoms with van der Waals surface area (Å²) in [5, 5.41) is 1.06. The molecule has 2 atom stereocenters. The van der Waals surface area contributed by atoms with Gasteiger partial charge in [0.25, 0.3) is 10.1 Å². The van der Waals surface area contributed by atoms with Crippen LogP contribution >= 0.6 is 15.9 Å². The van der Waals surface area contributed by atoms with Crippen LogP contribution in [0.3, 0.4) is 0 Å². The van der Waals surface area contributed by atoms with E-state index < -0.39 is 59.6 Å². The molecule has 192 valence electrons. The first-order valence-electron chi connectivity index (χ1n) is 10.3. The number of halogens is 2. The van der Waals surface area contributed by atoms with Gasteiger partial charge in [-0.05, 0) is 66.2 Å². The van der Waals surface area contributed by atoms with Gasteiger partial charge in [-0.1, -0.05) is 15.9 Å². The summed E-state index contributed by atoms with van der Waals surface area (Å²) < 4.78 is 74.4. The molecule has 0 saturated carbocycles. The summed E-state index contributed by atoms with van der Waals surface area (Å²) >= 11 is 3.27. The molecule has 13 heteroatoms. The summed E-state index contributed by atoms with van der Waals surface area (Å²) in [6.45, 7) is 8.64. The van der Waals surface area contributed by atoms with E-state index in [-0.39, 0.29) is 17.8 Å². The Bertz CT molecular complexity index is 1210. The molecule has 2 rings (SSSR count). The molecule has 0 unspecified atom stereocenters. The van der Waals surface area contributed by atoms with Crippen molar-refractivity contribution in [3.63, 3.8) is 0 Å². The molecular formula is C21H30BrFN2O7S2. The van der Waals surface area contributed by atoms with E-state index in [0.29, 0.717) is 4.47 Å². The highest BCUT2D eigenvalue weighted by atomic mass is 79.9. The Labute approximate surface area is 208 Å². The maximum atomic E-state index is 15.0. The number of hydrogen-bond donors (Lipinski definition) is 1. The molecule has 0 aliphatic carbocycles. The van der Waals surface area contributed by atoms with Gasteiger partial charge in [-0.25, -0.2) is 17.6 Å². The first-order valence-corrected chi connectivity index (χ1v) is 14.5. The topological polar surface area (TPSA) is 128 Å². The lowest BCUT2D eigenvalue weighted by Crippen LogP contribution is -2.62. The van der Waals surface area contributed by atoms with Gasteiger partial charge in [-0.2, -0.15) is 8.42 Å². The van der Waals surface area contributed by atoms with E-state index >= 15 is 4.39 Å². The number of nitrogens with one attached hydrogen (secondary N) is 1. The zero-order valence-corrected chi connectivity index (χ0v) is 23.3. The average Bonchev–Trinajstić information content (AvgIpc) is 2.62. The highest BCUT2D eigenvalue weighted by Crippen LogP contribution is 2.45. The third-order valence-electron chi connectivity index (χ3n) is 5.40. The number of amidine groups is 1. The number of ether oxygens (including phenoxy) is 1. The lowest BCUT2D eigenvalue weighted by Gasteiger charge is -2.45. The van der Waals surface area contributed by atoms with Crippen molar-refractivity contribution in [1.82, 2.24) is 5.32 Å². The van der Waals surface area contributed by atoms with Crippen LogP contribution in [0.1, 0.15) is 53.5 Å². The van der Waals surface area contributed by atoms with Crippen LogP contribution in [0.15, 0.2) is 27.7 Å². The van der Waals surface area contributed by atoms with Gasteiger partial charge in [0, 0.05) is 10.0 Å². The van der Waals surface area contributed by atoms with Crippen LogP contribution in [0.4, 0.5) is 9.18 Å². The van der Waals surface area contributed by atoms with Crippen LogP contribution < -0.4 is 5.32 Å². The van der Waals surface area contributed by atoms with E-state index in [1.165, 1.54) is 32.9 Å². The maximum absolute atomic E-state index is 15.0. The van der Waals surface area contributed by atoms with Crippen LogP contribution in [-0.4, -0.2) is 57.2 Å². The normalized spacial score (nSPS) is 24.3. The Hall–Kier alpha value is -1.57. The predicted octanol–water partition coefficient (Wildman–Crippen LogP) is 3.67. The number of nitrogens with zero attached hydrogens (tertiary/aromatic N) is 1. The van der Waals surface area contributed by atoms with Crippen molar-refractivity contribution in [3.05, 3.63) is 34.1 Å². The van der Waals surface area contributed by atoms with Gasteiger partial charge >= 0.3 is 6.09 Å². The van der Waals surface area contributed by atoms with Gasteiger partial charge in [-0.15, -0.1) is 0 Å². The quantitative estimate of drug-likeness (QED) is 0.523. The zero-order chi connectivity index (χ0) is 26.3. The average molecular weight is 586 g/mol. The number of hydrogen-bond acceptors (Lipinski definition) is 8. The first-order chi connectivity index (χ1) is 15.2. The summed E-state index contributed by atoms with van der Waals surface area (Å²) in [5.41, 5.74) is -2.63. The van der Waals surface area contributed by atoms with Gasteiger partial charge in [0.1, 0.15) is 27.5 Å². The second kappa shape index (κ2) is 9.47. The number of sulfone groups is 1. The molecule has 1 aliphatic rings. The number of aliphatic imine (C=N–C) groups is 1. The number of alkyl carbamates (subject to hydrolysis) is 1. The van der Waals surface area contributed by atoms with E-state index in [2.05, 4.69) is 26.2 Å². The van der Waals surface area contributed by atoms with Gasteiger partial charge in [0.15, 0.2) is 9.84 Å². The van der Waals surface area contributed by atoms with Gasteiger partial charge < -0.3 is 4.74 Å². The fourth-order valence-electron chi connectivity index (χ4n) is 3.67. The molecular weight excluding hydrogens is 555 g/mol. The first kappa shape index (κ1) is 28.7. The third kappa shape index (κ3) is 6.16. The molecule has 1 heterocycles. The number of amides is 1. The maximum Gasteiger partial charge on any atom is 0.413 e. The second-order valence-electron chi connectivity index (χ2n) is 9.72. The summed E-state index contributed by atoms with van der Waals surface area (Å²) in [7, 11) is -8.04. The van der Waals surface area contributed by atoms with Crippen molar-refractivity contribution in [3.8, 4) is 0 Å². The van der Waals surface area contributed by atoms with Gasteiger partial charge in [-0.3, -0.25) is 14.5 Å². The monoisotopic (exact) mass is 584 g/mol. The van der Waals surface area contributed by atoms with Crippen molar-refractivity contribution in [2.45, 2.75) is 69.1 Å². The van der Waals surface area contributed by atoms with Crippen LogP contribution in [0.2, 0.25) is 0 Å². The largest absolute Gasteiger partial charge is 0.444 e. The Morgan fingerprint density at radius 3 is 2.38 bits per heavy atom. The molecule has 0 saturated heterocycles. The molecule has 0 fully saturated rings. The molecule has 1 amide bonds. The van der Waals surface area contributed by atoms with Crippen molar-refractivity contribution < 1.29 is 34.9 Å². The minimum absolute atomic E-state index is 0.0474. The van der Waals surface area contributed by atoms with Crippen molar-refractivity contribution in [2.24, 2.45) is 4.99 Å². The lowest BCUT2D eigenvalue weighted by atomic mass is 9.86. The molecule has 1 aromatic carbocycles. The van der Waals surface area contributed by atoms with Gasteiger partial charge in [0.05, 0.1) is 18.1 Å². The smallest absolute Gasteiger partial charge is 0.413 e. The summed E-state index contributed by atoms with van der Waals surface area (Å²) in [5.74, 6) is -0.932. The molecule has 1 aliphatic heterocycles. The molecule has 0 aromatic heterocycles. The van der Waals surface area contributed by atoms with Crippen molar-refractivity contribution in [1.29, 1.82) is 0 Å². The second-order valence-corrected chi connectivity index (χ2v) is 15.0. The lowest BCUT2D eigenvalue weighted by molar-refractivity contribution is 0.0560. The summed E-state index contributed by atoms with van der Waals surface area (Å²) in [6, 6.07) is 4.02. The Morgan fingerprint density at radius 2 is 1.85 bits per heavy atom. The molecule has 1 N–H and O–H groups in total. The Balaban J connectivity index is 2.71. The number of benzene rings is 1. The van der Waals surface area contributed by atoms with E-state index in [1.807, 2.05) is 0 Å². The number of carbonyl (C=O) groups excluding carboxylic acids is 1. The van der Waals surface area contributed by atoms with Crippen molar-refractivity contribution >= 4 is 47.8 Å². The Kier molecular flexibility index (Phi) is 7.99. The van der Waals surface area contributed by atoms with Gasteiger partial charge in [0.2, 0.25) is 0 Å². The zero-order valence-electron chi connectivity index (χ0n) is 20.1. The Morgan fingerprint density at radius 1 is 1.26 bits per heavy atom. The highest BCUT2D eigenvalue weighted by molar-refractivity contribution is 9.10. The third-order valence-corrected chi connectivity index (χ3v) is 9.55. The molecule has 0 radical (unpaired) electrons. The van der Waals surface area contributed by atoms with E-state index in [9.17, 15) is 21.6 Å². The molecule has 0 bridgehead atoms. The summed E-state index contributed by atoms with van der Waals surface area (Å²) in [4.78, 5) is 17.0. The molecule has 0 spiro atoms. The van der Waals surface area contributed by atoms with Crippen molar-refractivity contribution in [2.75, 3.05) is 12.9 Å². The minimum Gasteiger partial charge on any atom is -0.444 e. The molecule has 9 nitrogen and oxygen atoms in total. The van der Waals surface area contributed by atoms with Crippen LogP contribution in [0, 0.1) is 5.82 Å². The van der Waals surface area contributed by atoms with Crippen LogP contribution in [0.5, 0.6) is 0 Å². The predicted molar refractivity (Wildman–Crippen MR) is 130 cm³/mol. The van der Waals surface area contributed by atoms with Crippen LogP contribution in [0.25, 0.3) is 0 Å². The highest BCUT2D eigenvalue weighted by Gasteiger charge is 2.57. The van der Waals surface area contributed by atoms with E-state index in [1.54, 1.807) is 20.8 Å². The van der Waals surface area contributed by atoms with E-state index in [4.69, 9.17) is 8.92 Å². The number of carbonyl (C=O) groups is 1. The molecule has 1 aromatic rings. The van der Waals surface area contributed by atoms with E-state index in [0.717, 1.165) is 12.3 Å². The minimum atomic E-state index is -4.20. The fraction of sp³-hybridized carbons (Fsp3) is 0.619. The summed E-state index contributed by atoms with van der Waals surface area (Å²) in [6.07, 6.45) is -0.351. The fourth-order valence-corrected chi connectivity index (χ4v) is 6.70. The SMILES string of the molecule is CC(C)(C)OC(=O)NC1=N[C@](C)(c2cc(Br)ccc2F)[C@@H](CCOS(C)(=O)=O)S(=O)(=O)C1(C)C.